The molecule has 0 saturated heterocycles. The summed E-state index contributed by atoms with van der Waals surface area (Å²) in [6.07, 6.45) is 2.26. The molecule has 87 valence electrons. The monoisotopic (exact) mass is 223 g/mol. The van der Waals surface area contributed by atoms with Gasteiger partial charge in [0.1, 0.15) is 0 Å². The van der Waals surface area contributed by atoms with Crippen molar-refractivity contribution in [2.75, 3.05) is 0 Å². The van der Waals surface area contributed by atoms with Gasteiger partial charge >= 0.3 is 0 Å². The molecule has 2 aromatic carbocycles. The molecule has 0 N–H and O–H groups in total. The highest BCUT2D eigenvalue weighted by molar-refractivity contribution is 5.37. The number of hydrogen-bond acceptors (Lipinski definition) is 0. The number of hydrogen-bond donors (Lipinski definition) is 0. The van der Waals surface area contributed by atoms with Crippen LogP contribution in [0.3, 0.4) is 0 Å². The molecule has 0 aromatic heterocycles. The Bertz CT molecular complexity index is 417. The summed E-state index contributed by atoms with van der Waals surface area (Å²) >= 11 is 0. The van der Waals surface area contributed by atoms with Crippen LogP contribution in [-0.4, -0.2) is 0 Å². The third-order valence-electron chi connectivity index (χ3n) is 3.21. The fraction of sp³-hybridized carbons (Fsp3) is 0.235. The standard InChI is InChI=1S/C17H19/c1-4-17(15-9-5-13(2)6-10-15)16-11-7-14(3)8-12-16/h4-12,17H,1-3H3. The summed E-state index contributed by atoms with van der Waals surface area (Å²) in [7, 11) is 0. The average Bonchev–Trinajstić information content (AvgIpc) is 2.35. The molecule has 0 unspecified atom stereocenters. The van der Waals surface area contributed by atoms with Crippen molar-refractivity contribution in [3.63, 3.8) is 0 Å². The van der Waals surface area contributed by atoms with Crippen molar-refractivity contribution in [2.45, 2.75) is 26.7 Å². The molecule has 0 bridgehead atoms. The zero-order valence-corrected chi connectivity index (χ0v) is 10.8. The van der Waals surface area contributed by atoms with Gasteiger partial charge in [0.05, 0.1) is 0 Å². The molecule has 0 atom stereocenters. The lowest BCUT2D eigenvalue weighted by atomic mass is 9.88. The predicted molar refractivity (Wildman–Crippen MR) is 74.2 cm³/mol. The van der Waals surface area contributed by atoms with Gasteiger partial charge < -0.3 is 0 Å². The summed E-state index contributed by atoms with van der Waals surface area (Å²) in [4.78, 5) is 0. The topological polar surface area (TPSA) is 0 Å². The molecule has 0 nitrogen and oxygen atoms in total. The average molecular weight is 223 g/mol. The summed E-state index contributed by atoms with van der Waals surface area (Å²) < 4.78 is 0. The molecule has 17 heavy (non-hydrogen) atoms. The van der Waals surface area contributed by atoms with Gasteiger partial charge in [0.25, 0.3) is 0 Å². The van der Waals surface area contributed by atoms with Crippen LogP contribution in [0.2, 0.25) is 0 Å². The van der Waals surface area contributed by atoms with Crippen LogP contribution in [0.1, 0.15) is 35.1 Å². The van der Waals surface area contributed by atoms with Gasteiger partial charge in [-0.05, 0) is 31.4 Å². The maximum Gasteiger partial charge on any atom is 0.0118 e. The largest absolute Gasteiger partial charge is 0.0613 e. The van der Waals surface area contributed by atoms with Gasteiger partial charge in [-0.2, -0.15) is 0 Å². The third-order valence-corrected chi connectivity index (χ3v) is 3.21. The maximum absolute atomic E-state index is 2.26. The molecule has 2 aromatic rings. The lowest BCUT2D eigenvalue weighted by Gasteiger charge is -2.16. The van der Waals surface area contributed by atoms with E-state index in [0.717, 1.165) is 0 Å². The third kappa shape index (κ3) is 2.76. The van der Waals surface area contributed by atoms with E-state index in [0.29, 0.717) is 5.92 Å². The number of rotatable bonds is 3. The van der Waals surface area contributed by atoms with E-state index in [1.54, 1.807) is 0 Å². The molecule has 0 heterocycles. The highest BCUT2D eigenvalue weighted by atomic mass is 14.1. The smallest absolute Gasteiger partial charge is 0.0118 e. The quantitative estimate of drug-likeness (QED) is 0.710. The summed E-state index contributed by atoms with van der Waals surface area (Å²) in [5, 5.41) is 0. The summed E-state index contributed by atoms with van der Waals surface area (Å²) in [6, 6.07) is 17.6. The molecule has 0 spiro atoms. The van der Waals surface area contributed by atoms with Crippen molar-refractivity contribution >= 4 is 0 Å². The second-order valence-electron chi connectivity index (χ2n) is 4.63. The van der Waals surface area contributed by atoms with Crippen molar-refractivity contribution in [3.8, 4) is 0 Å². The molecule has 0 heteroatoms. The number of aryl methyl sites for hydroxylation is 2. The van der Waals surface area contributed by atoms with Crippen molar-refractivity contribution in [3.05, 3.63) is 77.2 Å². The first-order valence-corrected chi connectivity index (χ1v) is 6.13. The highest BCUT2D eigenvalue weighted by Gasteiger charge is 2.11. The van der Waals surface area contributed by atoms with E-state index >= 15 is 0 Å². The molecule has 0 saturated carbocycles. The minimum Gasteiger partial charge on any atom is -0.0613 e. The van der Waals surface area contributed by atoms with E-state index in [1.807, 2.05) is 0 Å². The van der Waals surface area contributed by atoms with E-state index in [2.05, 4.69) is 75.7 Å². The van der Waals surface area contributed by atoms with Crippen molar-refractivity contribution in [1.29, 1.82) is 0 Å². The Labute approximate surface area is 104 Å². The SMILES string of the molecule is C[CH]C(c1ccc(C)cc1)c1ccc(C)cc1. The van der Waals surface area contributed by atoms with Crippen molar-refractivity contribution in [2.24, 2.45) is 0 Å². The second-order valence-corrected chi connectivity index (χ2v) is 4.63. The first-order chi connectivity index (χ1) is 8.20. The van der Waals surface area contributed by atoms with Gasteiger partial charge in [-0.15, -0.1) is 0 Å². The molecule has 0 aliphatic heterocycles. The molecular formula is C17H19. The summed E-state index contributed by atoms with van der Waals surface area (Å²) in [5.41, 5.74) is 5.35. The van der Waals surface area contributed by atoms with Crippen LogP contribution >= 0.6 is 0 Å². The van der Waals surface area contributed by atoms with Crippen LogP contribution in [0.5, 0.6) is 0 Å². The van der Waals surface area contributed by atoms with Crippen LogP contribution in [0, 0.1) is 20.3 Å². The highest BCUT2D eigenvalue weighted by Crippen LogP contribution is 2.27. The van der Waals surface area contributed by atoms with Gasteiger partial charge in [-0.25, -0.2) is 0 Å². The van der Waals surface area contributed by atoms with Crippen LogP contribution < -0.4 is 0 Å². The molecule has 0 fully saturated rings. The van der Waals surface area contributed by atoms with Crippen LogP contribution in [-0.2, 0) is 0 Å². The lowest BCUT2D eigenvalue weighted by Crippen LogP contribution is -2.00. The van der Waals surface area contributed by atoms with E-state index in [-0.39, 0.29) is 0 Å². The summed E-state index contributed by atoms with van der Waals surface area (Å²) in [6.45, 7) is 6.38. The minimum atomic E-state index is 0.399. The zero-order chi connectivity index (χ0) is 12.3. The zero-order valence-electron chi connectivity index (χ0n) is 10.8. The Hall–Kier alpha value is -1.56. The van der Waals surface area contributed by atoms with E-state index in [1.165, 1.54) is 22.3 Å². The normalized spacial score (nSPS) is 10.8. The predicted octanol–water partition coefficient (Wildman–Crippen LogP) is 4.66. The molecular weight excluding hydrogens is 204 g/mol. The second kappa shape index (κ2) is 5.18. The van der Waals surface area contributed by atoms with E-state index in [4.69, 9.17) is 0 Å². The Morgan fingerprint density at radius 1 is 0.706 bits per heavy atom. The Kier molecular flexibility index (Phi) is 3.63. The molecule has 0 aliphatic rings. The Morgan fingerprint density at radius 3 is 1.35 bits per heavy atom. The summed E-state index contributed by atoms with van der Waals surface area (Å²) in [5.74, 6) is 0.399. The first kappa shape index (κ1) is 11.9. The van der Waals surface area contributed by atoms with E-state index < -0.39 is 0 Å². The molecule has 1 radical (unpaired) electrons. The van der Waals surface area contributed by atoms with Crippen LogP contribution in [0.4, 0.5) is 0 Å². The fourth-order valence-electron chi connectivity index (χ4n) is 2.12. The Morgan fingerprint density at radius 2 is 1.06 bits per heavy atom. The van der Waals surface area contributed by atoms with Crippen molar-refractivity contribution in [1.82, 2.24) is 0 Å². The van der Waals surface area contributed by atoms with Gasteiger partial charge in [-0.3, -0.25) is 0 Å². The van der Waals surface area contributed by atoms with Crippen molar-refractivity contribution < 1.29 is 0 Å². The van der Waals surface area contributed by atoms with Gasteiger partial charge in [0.2, 0.25) is 0 Å². The minimum absolute atomic E-state index is 0.399. The van der Waals surface area contributed by atoms with Crippen LogP contribution in [0.15, 0.2) is 48.5 Å². The lowest BCUT2D eigenvalue weighted by molar-refractivity contribution is 0.938. The first-order valence-electron chi connectivity index (χ1n) is 6.13. The molecule has 0 amide bonds. The maximum atomic E-state index is 2.26. The van der Waals surface area contributed by atoms with Crippen LogP contribution in [0.25, 0.3) is 0 Å². The van der Waals surface area contributed by atoms with E-state index in [9.17, 15) is 0 Å². The van der Waals surface area contributed by atoms with Gasteiger partial charge in [0.15, 0.2) is 0 Å². The Balaban J connectivity index is 2.33. The molecule has 0 aliphatic carbocycles. The van der Waals surface area contributed by atoms with Gasteiger partial charge in [0, 0.05) is 5.92 Å². The molecule has 2 rings (SSSR count). The number of benzene rings is 2. The van der Waals surface area contributed by atoms with Gasteiger partial charge in [-0.1, -0.05) is 66.6 Å². The fourth-order valence-corrected chi connectivity index (χ4v) is 2.12.